The number of nitrogen functional groups attached to an aromatic ring is 1. The first-order valence-corrected chi connectivity index (χ1v) is 6.02. The summed E-state index contributed by atoms with van der Waals surface area (Å²) in [7, 11) is 0. The quantitative estimate of drug-likeness (QED) is 0.584. The minimum absolute atomic E-state index is 0.0756. The van der Waals surface area contributed by atoms with Crippen molar-refractivity contribution in [1.82, 2.24) is 0 Å². The van der Waals surface area contributed by atoms with Gasteiger partial charge in [-0.3, -0.25) is 4.79 Å². The fourth-order valence-corrected chi connectivity index (χ4v) is 1.80. The average Bonchev–Trinajstić information content (AvgIpc) is 2.42. The lowest BCUT2D eigenvalue weighted by Crippen LogP contribution is -2.19. The Morgan fingerprint density at radius 1 is 1.21 bits per heavy atom. The van der Waals surface area contributed by atoms with Crippen molar-refractivity contribution in [1.29, 1.82) is 0 Å². The number of carbonyl (C=O) groups excluding carboxylic acids is 1. The van der Waals surface area contributed by atoms with E-state index in [0.29, 0.717) is 11.4 Å². The zero-order valence-corrected chi connectivity index (χ0v) is 10.6. The molecule has 1 atom stereocenters. The molecule has 0 radical (unpaired) electrons. The first-order valence-electron chi connectivity index (χ1n) is 6.02. The van der Waals surface area contributed by atoms with Crippen molar-refractivity contribution >= 4 is 17.3 Å². The molecule has 1 unspecified atom stereocenters. The lowest BCUT2D eigenvalue weighted by molar-refractivity contribution is -0.117. The lowest BCUT2D eigenvalue weighted by Gasteiger charge is -2.14. The van der Waals surface area contributed by atoms with E-state index in [9.17, 15) is 9.90 Å². The monoisotopic (exact) mass is 256 g/mol. The van der Waals surface area contributed by atoms with Crippen molar-refractivity contribution in [3.8, 4) is 5.75 Å². The SMILES string of the molecule is CC(C(=O)Nc1ccc(O)cc1N)c1ccccc1. The predicted octanol–water partition coefficient (Wildman–Crippen LogP) is 2.72. The molecule has 0 aliphatic heterocycles. The topological polar surface area (TPSA) is 75.3 Å². The van der Waals surface area contributed by atoms with Crippen LogP contribution in [-0.4, -0.2) is 11.0 Å². The largest absolute Gasteiger partial charge is 0.508 e. The van der Waals surface area contributed by atoms with Gasteiger partial charge in [0, 0.05) is 6.07 Å². The highest BCUT2D eigenvalue weighted by atomic mass is 16.3. The van der Waals surface area contributed by atoms with Gasteiger partial charge in [0.2, 0.25) is 5.91 Å². The number of nitrogens with two attached hydrogens (primary N) is 1. The maximum Gasteiger partial charge on any atom is 0.231 e. The normalized spacial score (nSPS) is 11.8. The number of nitrogens with one attached hydrogen (secondary N) is 1. The second kappa shape index (κ2) is 5.44. The van der Waals surface area contributed by atoms with Crippen LogP contribution < -0.4 is 11.1 Å². The molecule has 0 heterocycles. The summed E-state index contributed by atoms with van der Waals surface area (Å²) < 4.78 is 0. The van der Waals surface area contributed by atoms with Crippen LogP contribution in [0.4, 0.5) is 11.4 Å². The number of hydrogen-bond donors (Lipinski definition) is 3. The highest BCUT2D eigenvalue weighted by molar-refractivity contribution is 5.98. The smallest absolute Gasteiger partial charge is 0.231 e. The summed E-state index contributed by atoms with van der Waals surface area (Å²) in [5.74, 6) is -0.329. The van der Waals surface area contributed by atoms with Crippen LogP contribution in [0.3, 0.4) is 0 Å². The van der Waals surface area contributed by atoms with E-state index in [1.54, 1.807) is 6.07 Å². The van der Waals surface area contributed by atoms with Crippen LogP contribution in [0.25, 0.3) is 0 Å². The molecule has 4 N–H and O–H groups in total. The van der Waals surface area contributed by atoms with Crippen molar-refractivity contribution in [2.45, 2.75) is 12.8 Å². The molecule has 0 saturated heterocycles. The number of rotatable bonds is 3. The second-order valence-corrected chi connectivity index (χ2v) is 4.39. The summed E-state index contributed by atoms with van der Waals surface area (Å²) in [5.41, 5.74) is 7.52. The predicted molar refractivity (Wildman–Crippen MR) is 76.0 cm³/mol. The minimum atomic E-state index is -0.269. The van der Waals surface area contributed by atoms with Gasteiger partial charge in [-0.1, -0.05) is 30.3 Å². The molecule has 2 aromatic carbocycles. The van der Waals surface area contributed by atoms with Gasteiger partial charge in [0.25, 0.3) is 0 Å². The van der Waals surface area contributed by atoms with Crippen molar-refractivity contribution in [2.75, 3.05) is 11.1 Å². The third-order valence-electron chi connectivity index (χ3n) is 2.99. The molecule has 0 aliphatic carbocycles. The number of hydrogen-bond acceptors (Lipinski definition) is 3. The number of anilines is 2. The van der Waals surface area contributed by atoms with Crippen LogP contribution >= 0.6 is 0 Å². The van der Waals surface area contributed by atoms with E-state index < -0.39 is 0 Å². The van der Waals surface area contributed by atoms with E-state index in [4.69, 9.17) is 5.73 Å². The molecule has 2 aromatic rings. The third-order valence-corrected chi connectivity index (χ3v) is 2.99. The standard InChI is InChI=1S/C15H16N2O2/c1-10(11-5-3-2-4-6-11)15(19)17-14-8-7-12(18)9-13(14)16/h2-10,18H,16H2,1H3,(H,17,19). The molecule has 19 heavy (non-hydrogen) atoms. The van der Waals surface area contributed by atoms with Crippen LogP contribution in [0.5, 0.6) is 5.75 Å². The Bertz CT molecular complexity index is 582. The third kappa shape index (κ3) is 3.04. The van der Waals surface area contributed by atoms with Gasteiger partial charge in [-0.15, -0.1) is 0 Å². The van der Waals surface area contributed by atoms with Gasteiger partial charge in [0.15, 0.2) is 0 Å². The molecule has 0 bridgehead atoms. The summed E-state index contributed by atoms with van der Waals surface area (Å²) >= 11 is 0. The van der Waals surface area contributed by atoms with E-state index in [0.717, 1.165) is 5.56 Å². The minimum Gasteiger partial charge on any atom is -0.508 e. The molecule has 0 fully saturated rings. The van der Waals surface area contributed by atoms with Gasteiger partial charge >= 0.3 is 0 Å². The van der Waals surface area contributed by atoms with Gasteiger partial charge in [-0.05, 0) is 24.6 Å². The highest BCUT2D eigenvalue weighted by Crippen LogP contribution is 2.25. The molecular weight excluding hydrogens is 240 g/mol. The van der Waals surface area contributed by atoms with Crippen LogP contribution in [-0.2, 0) is 4.79 Å². The number of phenols is 1. The molecule has 4 nitrogen and oxygen atoms in total. The van der Waals surface area contributed by atoms with E-state index >= 15 is 0 Å². The maximum atomic E-state index is 12.1. The summed E-state index contributed by atoms with van der Waals surface area (Å²) in [5, 5.41) is 12.0. The second-order valence-electron chi connectivity index (χ2n) is 4.39. The zero-order chi connectivity index (χ0) is 13.8. The summed E-state index contributed by atoms with van der Waals surface area (Å²) in [4.78, 5) is 12.1. The first kappa shape index (κ1) is 13.0. The van der Waals surface area contributed by atoms with Gasteiger partial charge in [0.1, 0.15) is 5.75 Å². The Kier molecular flexibility index (Phi) is 3.71. The first-order chi connectivity index (χ1) is 9.08. The van der Waals surface area contributed by atoms with Crippen LogP contribution in [0.1, 0.15) is 18.4 Å². The molecule has 0 spiro atoms. The number of amides is 1. The Morgan fingerprint density at radius 3 is 2.53 bits per heavy atom. The zero-order valence-electron chi connectivity index (χ0n) is 10.6. The van der Waals surface area contributed by atoms with Crippen LogP contribution in [0, 0.1) is 0 Å². The van der Waals surface area contributed by atoms with E-state index in [1.165, 1.54) is 12.1 Å². The molecule has 98 valence electrons. The summed E-state index contributed by atoms with van der Waals surface area (Å²) in [6.07, 6.45) is 0. The van der Waals surface area contributed by atoms with Gasteiger partial charge in [0.05, 0.1) is 17.3 Å². The molecule has 0 aliphatic rings. The number of carbonyl (C=O) groups is 1. The van der Waals surface area contributed by atoms with Crippen LogP contribution in [0.15, 0.2) is 48.5 Å². The fourth-order valence-electron chi connectivity index (χ4n) is 1.80. The fraction of sp³-hybridized carbons (Fsp3) is 0.133. The Labute approximate surface area is 111 Å². The number of benzene rings is 2. The van der Waals surface area contributed by atoms with Crippen molar-refractivity contribution in [3.05, 3.63) is 54.1 Å². The summed E-state index contributed by atoms with van der Waals surface area (Å²) in [6.45, 7) is 1.83. The average molecular weight is 256 g/mol. The lowest BCUT2D eigenvalue weighted by atomic mass is 10.0. The summed E-state index contributed by atoms with van der Waals surface area (Å²) in [6, 6.07) is 14.0. The molecule has 2 rings (SSSR count). The molecule has 4 heteroatoms. The van der Waals surface area contributed by atoms with E-state index in [1.807, 2.05) is 37.3 Å². The number of aromatic hydroxyl groups is 1. The maximum absolute atomic E-state index is 12.1. The Balaban J connectivity index is 2.13. The Hall–Kier alpha value is -2.49. The van der Waals surface area contributed by atoms with E-state index in [2.05, 4.69) is 5.32 Å². The molecule has 1 amide bonds. The molecular formula is C15H16N2O2. The van der Waals surface area contributed by atoms with Crippen molar-refractivity contribution in [3.63, 3.8) is 0 Å². The molecule has 0 saturated carbocycles. The van der Waals surface area contributed by atoms with Crippen LogP contribution in [0.2, 0.25) is 0 Å². The van der Waals surface area contributed by atoms with Gasteiger partial charge in [-0.25, -0.2) is 0 Å². The van der Waals surface area contributed by atoms with Crippen molar-refractivity contribution in [2.24, 2.45) is 0 Å². The molecule has 0 aromatic heterocycles. The van der Waals surface area contributed by atoms with Gasteiger partial charge in [-0.2, -0.15) is 0 Å². The van der Waals surface area contributed by atoms with E-state index in [-0.39, 0.29) is 17.6 Å². The number of phenolic OH excluding ortho intramolecular Hbond substituents is 1. The Morgan fingerprint density at radius 2 is 1.89 bits per heavy atom. The van der Waals surface area contributed by atoms with Crippen molar-refractivity contribution < 1.29 is 9.90 Å². The van der Waals surface area contributed by atoms with Gasteiger partial charge < -0.3 is 16.2 Å². The highest BCUT2D eigenvalue weighted by Gasteiger charge is 2.15.